The second kappa shape index (κ2) is 6.93. The van der Waals surface area contributed by atoms with E-state index in [0.717, 1.165) is 30.6 Å². The van der Waals surface area contributed by atoms with Crippen molar-refractivity contribution in [3.8, 4) is 6.07 Å². The van der Waals surface area contributed by atoms with E-state index in [1.165, 1.54) is 0 Å². The van der Waals surface area contributed by atoms with E-state index in [9.17, 15) is 0 Å². The van der Waals surface area contributed by atoms with Gasteiger partial charge in [-0.2, -0.15) is 5.26 Å². The summed E-state index contributed by atoms with van der Waals surface area (Å²) in [6.45, 7) is 5.69. The van der Waals surface area contributed by atoms with Crippen molar-refractivity contribution in [1.82, 2.24) is 0 Å². The summed E-state index contributed by atoms with van der Waals surface area (Å²) in [4.78, 5) is 2.08. The molecule has 1 rings (SSSR count). The summed E-state index contributed by atoms with van der Waals surface area (Å²) in [6, 6.07) is 8.10. The lowest BCUT2D eigenvalue weighted by atomic mass is 10.1. The van der Waals surface area contributed by atoms with E-state index in [-0.39, 0.29) is 6.61 Å². The van der Waals surface area contributed by atoms with Gasteiger partial charge in [0.05, 0.1) is 17.9 Å². The molecule has 0 unspecified atom stereocenters. The molecule has 3 nitrogen and oxygen atoms in total. The highest BCUT2D eigenvalue weighted by molar-refractivity contribution is 5.60. The molecule has 0 aliphatic carbocycles. The Labute approximate surface area is 103 Å². The van der Waals surface area contributed by atoms with E-state index in [2.05, 4.69) is 17.9 Å². The minimum atomic E-state index is 0.114. The molecule has 0 radical (unpaired) electrons. The van der Waals surface area contributed by atoms with Crippen LogP contribution in [-0.2, 0) is 0 Å². The van der Waals surface area contributed by atoms with E-state index in [4.69, 9.17) is 10.4 Å². The number of rotatable bonds is 6. The van der Waals surface area contributed by atoms with Crippen LogP contribution in [0.25, 0.3) is 0 Å². The molecule has 0 fully saturated rings. The van der Waals surface area contributed by atoms with Crippen LogP contribution in [0.4, 0.5) is 5.69 Å². The Bertz CT molecular complexity index is 396. The molecule has 3 heteroatoms. The molecule has 0 saturated carbocycles. The van der Waals surface area contributed by atoms with Gasteiger partial charge in [-0.1, -0.05) is 19.4 Å². The minimum absolute atomic E-state index is 0.114. The average molecular weight is 232 g/mol. The van der Waals surface area contributed by atoms with Crippen LogP contribution in [0.3, 0.4) is 0 Å². The SMILES string of the molecule is CCCCN(CCO)c1ccc(C)cc1C#N. The van der Waals surface area contributed by atoms with E-state index < -0.39 is 0 Å². The number of aliphatic hydroxyl groups is 1. The second-order valence-electron chi connectivity index (χ2n) is 4.20. The lowest BCUT2D eigenvalue weighted by molar-refractivity contribution is 0.301. The van der Waals surface area contributed by atoms with Crippen LogP contribution >= 0.6 is 0 Å². The first-order chi connectivity index (χ1) is 8.22. The zero-order chi connectivity index (χ0) is 12.7. The van der Waals surface area contributed by atoms with Crippen molar-refractivity contribution in [2.24, 2.45) is 0 Å². The molecule has 0 bridgehead atoms. The van der Waals surface area contributed by atoms with Crippen LogP contribution in [0.15, 0.2) is 18.2 Å². The molecular weight excluding hydrogens is 212 g/mol. The summed E-state index contributed by atoms with van der Waals surface area (Å²) in [5.74, 6) is 0. The predicted molar refractivity (Wildman–Crippen MR) is 70.1 cm³/mol. The molecular formula is C14H20N2O. The standard InChI is InChI=1S/C14H20N2O/c1-3-4-7-16(8-9-17)14-6-5-12(2)10-13(14)11-15/h5-6,10,17H,3-4,7-9H2,1-2H3. The number of hydrogen-bond acceptors (Lipinski definition) is 3. The summed E-state index contributed by atoms with van der Waals surface area (Å²) in [5, 5.41) is 18.2. The van der Waals surface area contributed by atoms with Gasteiger partial charge >= 0.3 is 0 Å². The first-order valence-electron chi connectivity index (χ1n) is 6.09. The van der Waals surface area contributed by atoms with Crippen LogP contribution in [0.2, 0.25) is 0 Å². The Morgan fingerprint density at radius 3 is 2.71 bits per heavy atom. The number of aliphatic hydroxyl groups excluding tert-OH is 1. The smallest absolute Gasteiger partial charge is 0.101 e. The average Bonchev–Trinajstić information content (AvgIpc) is 2.34. The number of unbranched alkanes of at least 4 members (excludes halogenated alkanes) is 1. The zero-order valence-corrected chi connectivity index (χ0v) is 10.6. The Morgan fingerprint density at radius 2 is 2.12 bits per heavy atom. The first kappa shape index (κ1) is 13.5. The Kier molecular flexibility index (Phi) is 5.51. The third kappa shape index (κ3) is 3.76. The largest absolute Gasteiger partial charge is 0.395 e. The normalized spacial score (nSPS) is 10.0. The van der Waals surface area contributed by atoms with Crippen LogP contribution in [0.5, 0.6) is 0 Å². The fourth-order valence-electron chi connectivity index (χ4n) is 1.84. The van der Waals surface area contributed by atoms with Gasteiger partial charge < -0.3 is 10.0 Å². The van der Waals surface area contributed by atoms with Gasteiger partial charge in [-0.3, -0.25) is 0 Å². The highest BCUT2D eigenvalue weighted by Crippen LogP contribution is 2.21. The fraction of sp³-hybridized carbons (Fsp3) is 0.500. The number of nitriles is 1. The summed E-state index contributed by atoms with van der Waals surface area (Å²) in [6.07, 6.45) is 2.18. The maximum atomic E-state index is 9.15. The number of nitrogens with zero attached hydrogens (tertiary/aromatic N) is 2. The van der Waals surface area contributed by atoms with Crippen LogP contribution in [0.1, 0.15) is 30.9 Å². The molecule has 1 N–H and O–H groups in total. The van der Waals surface area contributed by atoms with Gasteiger partial charge in [0.2, 0.25) is 0 Å². The molecule has 92 valence electrons. The Balaban J connectivity index is 2.96. The summed E-state index contributed by atoms with van der Waals surface area (Å²) in [7, 11) is 0. The third-order valence-corrected chi connectivity index (χ3v) is 2.76. The van der Waals surface area contributed by atoms with Crippen LogP contribution in [-0.4, -0.2) is 24.8 Å². The van der Waals surface area contributed by atoms with Gasteiger partial charge in [-0.25, -0.2) is 0 Å². The van der Waals surface area contributed by atoms with E-state index >= 15 is 0 Å². The van der Waals surface area contributed by atoms with Gasteiger partial charge in [-0.05, 0) is 31.0 Å². The van der Waals surface area contributed by atoms with Gasteiger partial charge in [0.15, 0.2) is 0 Å². The van der Waals surface area contributed by atoms with Crippen molar-refractivity contribution in [2.45, 2.75) is 26.7 Å². The molecule has 0 amide bonds. The van der Waals surface area contributed by atoms with Crippen molar-refractivity contribution < 1.29 is 5.11 Å². The van der Waals surface area contributed by atoms with Gasteiger partial charge in [0.1, 0.15) is 6.07 Å². The van der Waals surface area contributed by atoms with Crippen molar-refractivity contribution in [2.75, 3.05) is 24.6 Å². The van der Waals surface area contributed by atoms with Crippen LogP contribution in [0, 0.1) is 18.3 Å². The number of anilines is 1. The van der Waals surface area contributed by atoms with E-state index in [0.29, 0.717) is 12.1 Å². The van der Waals surface area contributed by atoms with Crippen molar-refractivity contribution in [3.63, 3.8) is 0 Å². The zero-order valence-electron chi connectivity index (χ0n) is 10.6. The fourth-order valence-corrected chi connectivity index (χ4v) is 1.84. The quantitative estimate of drug-likeness (QED) is 0.819. The van der Waals surface area contributed by atoms with Crippen molar-refractivity contribution in [1.29, 1.82) is 5.26 Å². The lowest BCUT2D eigenvalue weighted by Gasteiger charge is -2.25. The molecule has 0 heterocycles. The maximum absolute atomic E-state index is 9.15. The van der Waals surface area contributed by atoms with E-state index in [1.807, 2.05) is 25.1 Å². The summed E-state index contributed by atoms with van der Waals surface area (Å²) in [5.41, 5.74) is 2.71. The topological polar surface area (TPSA) is 47.3 Å². The molecule has 0 atom stereocenters. The van der Waals surface area contributed by atoms with Crippen molar-refractivity contribution in [3.05, 3.63) is 29.3 Å². The molecule has 0 saturated heterocycles. The van der Waals surface area contributed by atoms with Gasteiger partial charge in [-0.15, -0.1) is 0 Å². The van der Waals surface area contributed by atoms with Gasteiger partial charge in [0, 0.05) is 13.1 Å². The second-order valence-corrected chi connectivity index (χ2v) is 4.20. The monoisotopic (exact) mass is 232 g/mol. The third-order valence-electron chi connectivity index (χ3n) is 2.76. The van der Waals surface area contributed by atoms with Gasteiger partial charge in [0.25, 0.3) is 0 Å². The molecule has 1 aromatic carbocycles. The molecule has 0 aliphatic rings. The Hall–Kier alpha value is -1.53. The first-order valence-corrected chi connectivity index (χ1v) is 6.09. The summed E-state index contributed by atoms with van der Waals surface area (Å²) < 4.78 is 0. The maximum Gasteiger partial charge on any atom is 0.101 e. The molecule has 0 aromatic heterocycles. The Morgan fingerprint density at radius 1 is 1.35 bits per heavy atom. The molecule has 1 aromatic rings. The van der Waals surface area contributed by atoms with Crippen molar-refractivity contribution >= 4 is 5.69 Å². The predicted octanol–water partition coefficient (Wildman–Crippen LogP) is 2.47. The van der Waals surface area contributed by atoms with E-state index in [1.54, 1.807) is 0 Å². The number of benzene rings is 1. The molecule has 0 spiro atoms. The molecule has 17 heavy (non-hydrogen) atoms. The number of hydrogen-bond donors (Lipinski definition) is 1. The summed E-state index contributed by atoms with van der Waals surface area (Å²) >= 11 is 0. The highest BCUT2D eigenvalue weighted by Gasteiger charge is 2.10. The van der Waals surface area contributed by atoms with Crippen LogP contribution < -0.4 is 4.90 Å². The molecule has 0 aliphatic heterocycles. The highest BCUT2D eigenvalue weighted by atomic mass is 16.3. The minimum Gasteiger partial charge on any atom is -0.395 e. The number of aryl methyl sites for hydroxylation is 1. The lowest BCUT2D eigenvalue weighted by Crippen LogP contribution is -2.28.